The van der Waals surface area contributed by atoms with Crippen LogP contribution in [-0.4, -0.2) is 16.3 Å². The van der Waals surface area contributed by atoms with Gasteiger partial charge in [0.2, 0.25) is 0 Å². The number of nitrogens with two attached hydrogens (primary N) is 1. The lowest BCUT2D eigenvalue weighted by molar-refractivity contribution is -0.137. The third kappa shape index (κ3) is 4.14. The number of hydrogen-bond acceptors (Lipinski definition) is 4. The number of hydrogen-bond donors (Lipinski definition) is 1. The van der Waals surface area contributed by atoms with Crippen molar-refractivity contribution in [1.82, 2.24) is 4.57 Å². The third-order valence-corrected chi connectivity index (χ3v) is 4.95. The molecule has 1 heterocycles. The monoisotopic (exact) mass is 449 g/mol. The summed E-state index contributed by atoms with van der Waals surface area (Å²) < 4.78 is 46.2. The highest BCUT2D eigenvalue weighted by atomic mass is 19.4. The number of carbonyl (C=O) groups is 2. The molecule has 4 rings (SSSR count). The Balaban J connectivity index is 1.65. The van der Waals surface area contributed by atoms with Gasteiger partial charge >= 0.3 is 6.18 Å². The Labute approximate surface area is 185 Å². The van der Waals surface area contributed by atoms with E-state index in [1.54, 1.807) is 53.1 Å². The van der Waals surface area contributed by atoms with Crippen LogP contribution < -0.4 is 10.5 Å². The predicted octanol–water partition coefficient (Wildman–Crippen LogP) is 4.98. The smallest absolute Gasteiger partial charge is 0.417 e. The van der Waals surface area contributed by atoms with Gasteiger partial charge in [0.15, 0.2) is 0 Å². The zero-order chi connectivity index (χ0) is 23.8. The summed E-state index contributed by atoms with van der Waals surface area (Å²) in [5.41, 5.74) is 5.08. The van der Waals surface area contributed by atoms with Crippen molar-refractivity contribution >= 4 is 22.6 Å². The molecule has 33 heavy (non-hydrogen) atoms. The van der Waals surface area contributed by atoms with Crippen LogP contribution in [0, 0.1) is 11.3 Å². The molecule has 0 aliphatic heterocycles. The molecule has 1 amide bonds. The molecule has 2 N–H and O–H groups in total. The normalized spacial score (nSPS) is 11.2. The molecule has 0 bridgehead atoms. The summed E-state index contributed by atoms with van der Waals surface area (Å²) in [4.78, 5) is 23.6. The van der Waals surface area contributed by atoms with E-state index in [2.05, 4.69) is 0 Å². The quantitative estimate of drug-likeness (QED) is 0.343. The number of halogens is 3. The first-order valence-corrected chi connectivity index (χ1v) is 9.53. The van der Waals surface area contributed by atoms with E-state index in [0.29, 0.717) is 22.3 Å². The summed E-state index contributed by atoms with van der Waals surface area (Å²) in [7, 11) is 0. The van der Waals surface area contributed by atoms with Crippen LogP contribution in [0.5, 0.6) is 11.5 Å². The standard InChI is InChI=1S/C24H14F3N3O3/c25-24(26,27)20-10-9-17(11-14(20)12-28)33-16-7-5-15(6-8-16)30-13-19(22(31)23(29)32)18-3-1-2-4-21(18)30/h1-11,13H,(H2,29,32). The summed E-state index contributed by atoms with van der Waals surface area (Å²) in [5, 5.41) is 9.60. The number of amides is 1. The summed E-state index contributed by atoms with van der Waals surface area (Å²) in [5.74, 6) is -1.46. The van der Waals surface area contributed by atoms with Crippen LogP contribution in [0.4, 0.5) is 13.2 Å². The molecule has 1 aromatic heterocycles. The summed E-state index contributed by atoms with van der Waals surface area (Å²) >= 11 is 0. The van der Waals surface area contributed by atoms with Gasteiger partial charge in [0.05, 0.1) is 28.3 Å². The van der Waals surface area contributed by atoms with Crippen molar-refractivity contribution in [2.24, 2.45) is 5.73 Å². The Bertz CT molecular complexity index is 1430. The maximum Gasteiger partial charge on any atom is 0.417 e. The van der Waals surface area contributed by atoms with Crippen molar-refractivity contribution in [2.75, 3.05) is 0 Å². The fourth-order valence-electron chi connectivity index (χ4n) is 3.44. The minimum atomic E-state index is -4.64. The van der Waals surface area contributed by atoms with Gasteiger partial charge in [0.25, 0.3) is 11.7 Å². The average molecular weight is 449 g/mol. The number of nitriles is 1. The van der Waals surface area contributed by atoms with E-state index < -0.39 is 29.0 Å². The molecule has 4 aromatic rings. The second kappa shape index (κ2) is 8.16. The van der Waals surface area contributed by atoms with Crippen LogP contribution in [0.15, 0.2) is 72.9 Å². The molecule has 0 saturated heterocycles. The van der Waals surface area contributed by atoms with Crippen molar-refractivity contribution in [3.8, 4) is 23.3 Å². The van der Waals surface area contributed by atoms with E-state index in [1.165, 1.54) is 12.3 Å². The molecule has 0 aliphatic rings. The number of ether oxygens (including phenoxy) is 1. The van der Waals surface area contributed by atoms with Crippen LogP contribution in [0.25, 0.3) is 16.6 Å². The minimum absolute atomic E-state index is 0.0769. The SMILES string of the molecule is N#Cc1cc(Oc2ccc(-n3cc(C(=O)C(N)=O)c4ccccc43)cc2)ccc1C(F)(F)F. The number of benzene rings is 3. The van der Waals surface area contributed by atoms with E-state index in [1.807, 2.05) is 0 Å². The molecule has 0 spiro atoms. The van der Waals surface area contributed by atoms with Crippen molar-refractivity contribution < 1.29 is 27.5 Å². The number of aromatic nitrogens is 1. The zero-order valence-corrected chi connectivity index (χ0v) is 16.8. The molecule has 6 nitrogen and oxygen atoms in total. The molecule has 0 atom stereocenters. The Morgan fingerprint density at radius 1 is 0.970 bits per heavy atom. The number of rotatable bonds is 5. The van der Waals surface area contributed by atoms with Crippen LogP contribution in [0.2, 0.25) is 0 Å². The van der Waals surface area contributed by atoms with Crippen molar-refractivity contribution in [3.05, 3.63) is 89.6 Å². The van der Waals surface area contributed by atoms with Gasteiger partial charge in [-0.15, -0.1) is 0 Å². The number of nitrogens with zero attached hydrogens (tertiary/aromatic N) is 2. The minimum Gasteiger partial charge on any atom is -0.457 e. The van der Waals surface area contributed by atoms with E-state index in [-0.39, 0.29) is 11.3 Å². The van der Waals surface area contributed by atoms with Gasteiger partial charge in [0, 0.05) is 17.3 Å². The highest BCUT2D eigenvalue weighted by molar-refractivity contribution is 6.44. The second-order valence-electron chi connectivity index (χ2n) is 7.04. The highest BCUT2D eigenvalue weighted by Crippen LogP contribution is 2.35. The van der Waals surface area contributed by atoms with Gasteiger partial charge in [0.1, 0.15) is 11.5 Å². The first kappa shape index (κ1) is 21.6. The number of fused-ring (bicyclic) bond motifs is 1. The Morgan fingerprint density at radius 2 is 1.64 bits per heavy atom. The number of primary amides is 1. The molecular formula is C24H14F3N3O3. The summed E-state index contributed by atoms with van der Waals surface area (Å²) in [6.07, 6.45) is -3.12. The van der Waals surface area contributed by atoms with Crippen LogP contribution >= 0.6 is 0 Å². The molecular weight excluding hydrogens is 435 g/mol. The molecule has 3 aromatic carbocycles. The van der Waals surface area contributed by atoms with Crippen LogP contribution in [0.1, 0.15) is 21.5 Å². The molecule has 9 heteroatoms. The van der Waals surface area contributed by atoms with Crippen molar-refractivity contribution in [3.63, 3.8) is 0 Å². The average Bonchev–Trinajstić information content (AvgIpc) is 3.18. The lowest BCUT2D eigenvalue weighted by Gasteiger charge is -2.12. The van der Waals surface area contributed by atoms with Crippen LogP contribution in [-0.2, 0) is 11.0 Å². The van der Waals surface area contributed by atoms with Crippen LogP contribution in [0.3, 0.4) is 0 Å². The van der Waals surface area contributed by atoms with Gasteiger partial charge < -0.3 is 15.0 Å². The maximum atomic E-state index is 13.0. The highest BCUT2D eigenvalue weighted by Gasteiger charge is 2.33. The summed E-state index contributed by atoms with van der Waals surface area (Å²) in [6.45, 7) is 0. The second-order valence-corrected chi connectivity index (χ2v) is 7.04. The predicted molar refractivity (Wildman–Crippen MR) is 113 cm³/mol. The van der Waals surface area contributed by atoms with Gasteiger partial charge in [-0.05, 0) is 48.5 Å². The van der Waals surface area contributed by atoms with Gasteiger partial charge in [-0.3, -0.25) is 9.59 Å². The molecule has 0 unspecified atom stereocenters. The van der Waals surface area contributed by atoms with E-state index >= 15 is 0 Å². The number of Topliss-reactive ketones (excluding diaryl/α,β-unsaturated/α-hetero) is 1. The fraction of sp³-hybridized carbons (Fsp3) is 0.0417. The number of para-hydroxylation sites is 1. The first-order valence-electron chi connectivity index (χ1n) is 9.53. The maximum absolute atomic E-state index is 13.0. The van der Waals surface area contributed by atoms with E-state index in [0.717, 1.165) is 18.2 Å². The van der Waals surface area contributed by atoms with Crippen molar-refractivity contribution in [1.29, 1.82) is 5.26 Å². The molecule has 164 valence electrons. The molecule has 0 aliphatic carbocycles. The number of carbonyl (C=O) groups excluding carboxylic acids is 2. The zero-order valence-electron chi connectivity index (χ0n) is 16.8. The topological polar surface area (TPSA) is 98.1 Å². The van der Waals surface area contributed by atoms with E-state index in [9.17, 15) is 22.8 Å². The molecule has 0 radical (unpaired) electrons. The van der Waals surface area contributed by atoms with Gasteiger partial charge in [-0.25, -0.2) is 0 Å². The lowest BCUT2D eigenvalue weighted by atomic mass is 10.1. The Hall–Kier alpha value is -4.58. The van der Waals surface area contributed by atoms with Gasteiger partial charge in [-0.1, -0.05) is 18.2 Å². The first-order chi connectivity index (χ1) is 15.7. The largest absolute Gasteiger partial charge is 0.457 e. The fourth-order valence-corrected chi connectivity index (χ4v) is 3.44. The Morgan fingerprint density at radius 3 is 2.27 bits per heavy atom. The number of alkyl halides is 3. The van der Waals surface area contributed by atoms with E-state index in [4.69, 9.17) is 15.7 Å². The Kier molecular flexibility index (Phi) is 5.35. The third-order valence-electron chi connectivity index (χ3n) is 4.95. The lowest BCUT2D eigenvalue weighted by Crippen LogP contribution is -2.22. The van der Waals surface area contributed by atoms with Gasteiger partial charge in [-0.2, -0.15) is 18.4 Å². The molecule has 0 saturated carbocycles. The van der Waals surface area contributed by atoms with Crippen molar-refractivity contribution in [2.45, 2.75) is 6.18 Å². The molecule has 0 fully saturated rings. The summed E-state index contributed by atoms with van der Waals surface area (Å²) in [6, 6.07) is 18.0. The number of ketones is 1.